The van der Waals surface area contributed by atoms with Gasteiger partial charge in [0.2, 0.25) is 0 Å². The second-order valence-electron chi connectivity index (χ2n) is 6.81. The lowest BCUT2D eigenvalue weighted by atomic mass is 10.1. The lowest BCUT2D eigenvalue weighted by Crippen LogP contribution is -2.04. The van der Waals surface area contributed by atoms with Crippen molar-refractivity contribution in [1.29, 1.82) is 0 Å². The molecule has 4 rings (SSSR count). The van der Waals surface area contributed by atoms with Gasteiger partial charge in [0.15, 0.2) is 0 Å². The number of ether oxygens (including phenoxy) is 2. The molecule has 158 valence electrons. The molecule has 0 aliphatic rings. The molecule has 1 aromatic heterocycles. The van der Waals surface area contributed by atoms with E-state index in [4.69, 9.17) is 21.4 Å². The molecule has 0 aliphatic heterocycles. The molecule has 5 nitrogen and oxygen atoms in total. The molecule has 1 N–H and O–H groups in total. The Kier molecular flexibility index (Phi) is 5.77. The quantitative estimate of drug-likeness (QED) is 0.282. The van der Waals surface area contributed by atoms with E-state index in [2.05, 4.69) is 4.74 Å². The van der Waals surface area contributed by atoms with E-state index in [0.29, 0.717) is 28.4 Å². The van der Waals surface area contributed by atoms with Crippen LogP contribution in [-0.4, -0.2) is 15.8 Å². The smallest absolute Gasteiger partial charge is 0.488 e. The molecule has 0 unspecified atom stereocenters. The van der Waals surface area contributed by atoms with Gasteiger partial charge in [-0.3, -0.25) is 0 Å². The Hall–Kier alpha value is -3.58. The van der Waals surface area contributed by atoms with E-state index in [-0.39, 0.29) is 12.4 Å². The number of fused-ring (bicyclic) bond motifs is 1. The van der Waals surface area contributed by atoms with Crippen molar-refractivity contribution < 1.29 is 28.2 Å². The van der Waals surface area contributed by atoms with Crippen LogP contribution in [0.25, 0.3) is 10.9 Å². The first-order valence-corrected chi connectivity index (χ1v) is 9.61. The van der Waals surface area contributed by atoms with Crippen molar-refractivity contribution >= 4 is 28.7 Å². The second kappa shape index (κ2) is 8.65. The summed E-state index contributed by atoms with van der Waals surface area (Å²) in [5.74, 6) is -0.193. The summed E-state index contributed by atoms with van der Waals surface area (Å²) in [5.41, 5.74) is 1.87. The molecule has 0 amide bonds. The van der Waals surface area contributed by atoms with Gasteiger partial charge in [-0.05, 0) is 60.7 Å². The zero-order valence-electron chi connectivity index (χ0n) is 16.0. The van der Waals surface area contributed by atoms with Crippen molar-refractivity contribution in [2.45, 2.75) is 13.2 Å². The average molecular weight is 444 g/mol. The molecule has 1 heterocycles. The fourth-order valence-electron chi connectivity index (χ4n) is 3.29. The van der Waals surface area contributed by atoms with Gasteiger partial charge in [0.1, 0.15) is 29.7 Å². The minimum atomic E-state index is -1.39. The number of nitrogens with zero attached hydrogens (tertiary/aromatic N) is 1. The Morgan fingerprint density at radius 1 is 0.968 bits per heavy atom. The van der Waals surface area contributed by atoms with Gasteiger partial charge in [-0.25, -0.2) is 13.6 Å². The molecule has 0 saturated heterocycles. The van der Waals surface area contributed by atoms with Crippen LogP contribution in [0.3, 0.4) is 0 Å². The topological polar surface area (TPSA) is 60.7 Å². The van der Waals surface area contributed by atoms with Crippen molar-refractivity contribution in [3.8, 4) is 11.5 Å². The van der Waals surface area contributed by atoms with Gasteiger partial charge in [0.25, 0.3) is 0 Å². The zero-order chi connectivity index (χ0) is 22.0. The number of aromatic nitrogens is 1. The van der Waals surface area contributed by atoms with Crippen LogP contribution in [0.2, 0.25) is 5.02 Å². The predicted octanol–water partition coefficient (Wildman–Crippen LogP) is 6.26. The van der Waals surface area contributed by atoms with E-state index in [1.807, 2.05) is 4.57 Å². The third-order valence-electron chi connectivity index (χ3n) is 4.70. The lowest BCUT2D eigenvalue weighted by molar-refractivity contribution is 0.144. The van der Waals surface area contributed by atoms with Gasteiger partial charge in [-0.1, -0.05) is 11.6 Å². The average Bonchev–Trinajstić information content (AvgIpc) is 3.11. The van der Waals surface area contributed by atoms with Crippen LogP contribution in [0.5, 0.6) is 11.5 Å². The Morgan fingerprint density at radius 3 is 2.48 bits per heavy atom. The van der Waals surface area contributed by atoms with Gasteiger partial charge in [0.05, 0.1) is 6.54 Å². The first-order chi connectivity index (χ1) is 14.9. The van der Waals surface area contributed by atoms with E-state index in [0.717, 1.165) is 10.9 Å². The number of benzene rings is 3. The molecule has 0 radical (unpaired) electrons. The van der Waals surface area contributed by atoms with Crippen LogP contribution in [-0.2, 0) is 13.2 Å². The van der Waals surface area contributed by atoms with Crippen LogP contribution in [0.4, 0.5) is 13.6 Å². The number of halogens is 3. The monoisotopic (exact) mass is 443 g/mol. The standard InChI is InChI=1S/C23H16ClF2NO4/c24-20-4-1-17(25)10-16(20)13-30-22-6-2-18(26)9-15(22)12-27-8-7-14-11-19(31-23(28)29)3-5-21(14)27/h1-11H,12-13H2,(H,28,29). The molecule has 0 spiro atoms. The maximum Gasteiger partial charge on any atom is 0.511 e. The van der Waals surface area contributed by atoms with Gasteiger partial charge < -0.3 is 19.1 Å². The lowest BCUT2D eigenvalue weighted by Gasteiger charge is -2.14. The van der Waals surface area contributed by atoms with Crippen molar-refractivity contribution in [2.24, 2.45) is 0 Å². The fourth-order valence-corrected chi connectivity index (χ4v) is 3.46. The van der Waals surface area contributed by atoms with Gasteiger partial charge >= 0.3 is 6.16 Å². The summed E-state index contributed by atoms with van der Waals surface area (Å²) in [7, 11) is 0. The van der Waals surface area contributed by atoms with E-state index < -0.39 is 17.8 Å². The fraction of sp³-hybridized carbons (Fsp3) is 0.0870. The molecule has 8 heteroatoms. The summed E-state index contributed by atoms with van der Waals surface area (Å²) < 4.78 is 39.8. The van der Waals surface area contributed by atoms with E-state index in [1.54, 1.807) is 30.5 Å². The van der Waals surface area contributed by atoms with Gasteiger partial charge in [-0.15, -0.1) is 0 Å². The molecule has 0 aliphatic carbocycles. The molecule has 0 fully saturated rings. The highest BCUT2D eigenvalue weighted by atomic mass is 35.5. The second-order valence-corrected chi connectivity index (χ2v) is 7.22. The Balaban J connectivity index is 1.59. The molecule has 4 aromatic rings. The third-order valence-corrected chi connectivity index (χ3v) is 5.07. The predicted molar refractivity (Wildman–Crippen MR) is 112 cm³/mol. The minimum absolute atomic E-state index is 0.0253. The maximum absolute atomic E-state index is 13.9. The number of rotatable bonds is 6. The van der Waals surface area contributed by atoms with Crippen molar-refractivity contribution in [3.05, 3.63) is 94.6 Å². The molecular weight excluding hydrogens is 428 g/mol. The maximum atomic E-state index is 13.9. The van der Waals surface area contributed by atoms with Crippen molar-refractivity contribution in [2.75, 3.05) is 0 Å². The Labute approximate surface area is 181 Å². The highest BCUT2D eigenvalue weighted by molar-refractivity contribution is 6.31. The summed E-state index contributed by atoms with van der Waals surface area (Å²) in [6.45, 7) is 0.324. The SMILES string of the molecule is O=C(O)Oc1ccc2c(ccn2Cc2cc(F)ccc2OCc2cc(F)ccc2Cl)c1. The van der Waals surface area contributed by atoms with Crippen LogP contribution in [0, 0.1) is 11.6 Å². The van der Waals surface area contributed by atoms with Gasteiger partial charge in [0, 0.05) is 33.2 Å². The summed E-state index contributed by atoms with van der Waals surface area (Å²) in [6, 6.07) is 14.9. The highest BCUT2D eigenvalue weighted by Gasteiger charge is 2.11. The van der Waals surface area contributed by atoms with Crippen molar-refractivity contribution in [1.82, 2.24) is 4.57 Å². The summed E-state index contributed by atoms with van der Waals surface area (Å²) in [6.07, 6.45) is 0.409. The normalized spacial score (nSPS) is 10.9. The van der Waals surface area contributed by atoms with E-state index in [9.17, 15) is 13.6 Å². The minimum Gasteiger partial charge on any atom is -0.488 e. The van der Waals surface area contributed by atoms with Crippen LogP contribution in [0.1, 0.15) is 11.1 Å². The Morgan fingerprint density at radius 2 is 1.71 bits per heavy atom. The van der Waals surface area contributed by atoms with Crippen LogP contribution < -0.4 is 9.47 Å². The molecule has 0 saturated carbocycles. The first-order valence-electron chi connectivity index (χ1n) is 9.24. The molecule has 31 heavy (non-hydrogen) atoms. The molecule has 0 bridgehead atoms. The number of hydrogen-bond acceptors (Lipinski definition) is 3. The number of carbonyl (C=O) groups is 1. The van der Waals surface area contributed by atoms with Gasteiger partial charge in [-0.2, -0.15) is 0 Å². The van der Waals surface area contributed by atoms with Crippen LogP contribution in [0.15, 0.2) is 66.9 Å². The summed E-state index contributed by atoms with van der Waals surface area (Å²) in [4.78, 5) is 10.7. The largest absolute Gasteiger partial charge is 0.511 e. The zero-order valence-corrected chi connectivity index (χ0v) is 16.8. The Bertz CT molecular complexity index is 1270. The highest BCUT2D eigenvalue weighted by Crippen LogP contribution is 2.27. The first kappa shape index (κ1) is 20.7. The molecule has 0 atom stereocenters. The summed E-state index contributed by atoms with van der Waals surface area (Å²) >= 11 is 6.09. The van der Waals surface area contributed by atoms with Crippen molar-refractivity contribution in [3.63, 3.8) is 0 Å². The number of hydrogen-bond donors (Lipinski definition) is 1. The summed E-state index contributed by atoms with van der Waals surface area (Å²) in [5, 5.41) is 9.90. The number of carboxylic acid groups (broad SMARTS) is 1. The third kappa shape index (κ3) is 4.78. The van der Waals surface area contributed by atoms with E-state index in [1.165, 1.54) is 36.4 Å². The molecule has 3 aromatic carbocycles. The van der Waals surface area contributed by atoms with Crippen LogP contribution >= 0.6 is 11.6 Å². The molecular formula is C23H16ClF2NO4. The van der Waals surface area contributed by atoms with E-state index >= 15 is 0 Å².